The Kier molecular flexibility index (Phi) is 5.49. The number of aromatic nitrogens is 2. The minimum absolute atomic E-state index is 0.0989. The van der Waals surface area contributed by atoms with E-state index < -0.39 is 5.97 Å². The highest BCUT2D eigenvalue weighted by atomic mass is 16.5. The predicted octanol–water partition coefficient (Wildman–Crippen LogP) is 5.19. The molecule has 0 bridgehead atoms. The van der Waals surface area contributed by atoms with E-state index in [0.717, 1.165) is 23.3 Å². The van der Waals surface area contributed by atoms with E-state index in [9.17, 15) is 4.79 Å². The van der Waals surface area contributed by atoms with Gasteiger partial charge in [-0.1, -0.05) is 32.9 Å². The summed E-state index contributed by atoms with van der Waals surface area (Å²) in [5.74, 6) is 0.712. The first-order valence-electron chi connectivity index (χ1n) is 9.24. The lowest BCUT2D eigenvalue weighted by Gasteiger charge is -2.23. The van der Waals surface area contributed by atoms with Gasteiger partial charge < -0.3 is 14.4 Å². The summed E-state index contributed by atoms with van der Waals surface area (Å²) in [6, 6.07) is 12.2. The van der Waals surface area contributed by atoms with Gasteiger partial charge in [-0.05, 0) is 54.3 Å². The van der Waals surface area contributed by atoms with Crippen molar-refractivity contribution < 1.29 is 19.2 Å². The van der Waals surface area contributed by atoms with Crippen LogP contribution in [0, 0.1) is 0 Å². The predicted molar refractivity (Wildman–Crippen MR) is 107 cm³/mol. The zero-order valence-corrected chi connectivity index (χ0v) is 16.5. The van der Waals surface area contributed by atoms with Gasteiger partial charge in [0.2, 0.25) is 5.82 Å². The molecule has 0 aliphatic carbocycles. The molecule has 3 aromatic rings. The van der Waals surface area contributed by atoms with Crippen molar-refractivity contribution in [1.29, 1.82) is 0 Å². The van der Waals surface area contributed by atoms with Crippen LogP contribution in [-0.2, 0) is 5.41 Å². The first-order valence-corrected chi connectivity index (χ1v) is 9.24. The second-order valence-corrected chi connectivity index (χ2v) is 7.62. The number of carbonyl (C=O) groups is 1. The van der Waals surface area contributed by atoms with Crippen LogP contribution >= 0.6 is 0 Å². The Morgan fingerprint density at radius 3 is 2.39 bits per heavy atom. The number of hydrogen-bond acceptors (Lipinski definition) is 5. The fourth-order valence-corrected chi connectivity index (χ4v) is 2.81. The molecule has 0 atom stereocenters. The summed E-state index contributed by atoms with van der Waals surface area (Å²) in [7, 11) is 0. The van der Waals surface area contributed by atoms with Crippen LogP contribution in [0.1, 0.15) is 50.0 Å². The lowest BCUT2D eigenvalue weighted by molar-refractivity contribution is 0.0697. The summed E-state index contributed by atoms with van der Waals surface area (Å²) in [6.45, 7) is 9.15. The maximum atomic E-state index is 11.0. The van der Waals surface area contributed by atoms with Crippen LogP contribution in [0.15, 0.2) is 47.0 Å². The molecule has 0 fully saturated rings. The molecule has 3 rings (SSSR count). The second kappa shape index (κ2) is 7.84. The fourth-order valence-electron chi connectivity index (χ4n) is 2.81. The van der Waals surface area contributed by atoms with Crippen LogP contribution in [0.3, 0.4) is 0 Å². The minimum atomic E-state index is -0.974. The minimum Gasteiger partial charge on any atom is -0.493 e. The summed E-state index contributed by atoms with van der Waals surface area (Å²) in [5, 5.41) is 13.1. The zero-order valence-electron chi connectivity index (χ0n) is 16.5. The van der Waals surface area contributed by atoms with Crippen LogP contribution in [-0.4, -0.2) is 27.8 Å². The highest BCUT2D eigenvalue weighted by molar-refractivity contribution is 5.88. The van der Waals surface area contributed by atoms with Crippen molar-refractivity contribution in [3.05, 3.63) is 53.6 Å². The van der Waals surface area contributed by atoms with Gasteiger partial charge in [-0.15, -0.1) is 0 Å². The maximum absolute atomic E-state index is 11.0. The zero-order chi connectivity index (χ0) is 20.3. The van der Waals surface area contributed by atoms with Crippen LogP contribution in [0.4, 0.5) is 0 Å². The molecule has 0 saturated heterocycles. The number of ether oxygens (including phenoxy) is 1. The molecule has 1 aromatic heterocycles. The number of benzene rings is 2. The largest absolute Gasteiger partial charge is 0.493 e. The van der Waals surface area contributed by atoms with E-state index in [1.807, 2.05) is 18.2 Å². The molecular formula is C22H24N2O4. The van der Waals surface area contributed by atoms with Gasteiger partial charge >= 0.3 is 5.97 Å². The average molecular weight is 380 g/mol. The molecule has 2 aromatic carbocycles. The van der Waals surface area contributed by atoms with E-state index in [1.54, 1.807) is 12.1 Å². The van der Waals surface area contributed by atoms with Crippen molar-refractivity contribution in [3.63, 3.8) is 0 Å². The van der Waals surface area contributed by atoms with Crippen LogP contribution in [0.25, 0.3) is 22.8 Å². The molecule has 0 saturated carbocycles. The topological polar surface area (TPSA) is 85.5 Å². The van der Waals surface area contributed by atoms with E-state index in [0.29, 0.717) is 23.9 Å². The van der Waals surface area contributed by atoms with Gasteiger partial charge in [0, 0.05) is 16.7 Å². The Bertz CT molecular complexity index is 969. The number of rotatable bonds is 6. The molecule has 1 N–H and O–H groups in total. The standard InChI is InChI=1S/C22H24N2O4/c1-5-12-27-18-11-10-16(13-17(18)22(2,3)4)19-23-20(28-24-19)14-6-8-15(9-7-14)21(25)26/h6-11,13H,5,12H2,1-4H3,(H,25,26). The third-order valence-corrected chi connectivity index (χ3v) is 4.31. The normalized spacial score (nSPS) is 11.4. The van der Waals surface area contributed by atoms with E-state index in [-0.39, 0.29) is 11.0 Å². The number of carboxylic acids is 1. The van der Waals surface area contributed by atoms with Gasteiger partial charge in [-0.25, -0.2) is 4.79 Å². The summed E-state index contributed by atoms with van der Waals surface area (Å²) >= 11 is 0. The molecule has 0 radical (unpaired) electrons. The van der Waals surface area contributed by atoms with Gasteiger partial charge in [-0.3, -0.25) is 0 Å². The van der Waals surface area contributed by atoms with E-state index in [4.69, 9.17) is 14.4 Å². The maximum Gasteiger partial charge on any atom is 0.335 e. The van der Waals surface area contributed by atoms with Crippen LogP contribution in [0.2, 0.25) is 0 Å². The summed E-state index contributed by atoms with van der Waals surface area (Å²) in [5.41, 5.74) is 2.70. The Labute approximate surface area is 164 Å². The molecule has 6 nitrogen and oxygen atoms in total. The Morgan fingerprint density at radius 1 is 1.11 bits per heavy atom. The van der Waals surface area contributed by atoms with Crippen molar-refractivity contribution in [1.82, 2.24) is 10.1 Å². The van der Waals surface area contributed by atoms with Gasteiger partial charge in [0.25, 0.3) is 5.89 Å². The molecule has 0 spiro atoms. The monoisotopic (exact) mass is 380 g/mol. The summed E-state index contributed by atoms with van der Waals surface area (Å²) in [6.07, 6.45) is 0.945. The third kappa shape index (κ3) is 4.22. The Balaban J connectivity index is 1.93. The SMILES string of the molecule is CCCOc1ccc(-c2noc(-c3ccc(C(=O)O)cc3)n2)cc1C(C)(C)C. The van der Waals surface area contributed by atoms with E-state index >= 15 is 0 Å². The molecule has 0 aliphatic rings. The molecule has 6 heteroatoms. The summed E-state index contributed by atoms with van der Waals surface area (Å²) in [4.78, 5) is 15.5. The quantitative estimate of drug-likeness (QED) is 0.633. The van der Waals surface area contributed by atoms with Crippen molar-refractivity contribution in [2.75, 3.05) is 6.61 Å². The average Bonchev–Trinajstić information content (AvgIpc) is 3.15. The number of carboxylic acid groups (broad SMARTS) is 1. The fraction of sp³-hybridized carbons (Fsp3) is 0.318. The molecule has 1 heterocycles. The van der Waals surface area contributed by atoms with Crippen molar-refractivity contribution in [3.8, 4) is 28.6 Å². The Hall–Kier alpha value is -3.15. The molecule has 146 valence electrons. The number of hydrogen-bond donors (Lipinski definition) is 1. The number of nitrogens with zero attached hydrogens (tertiary/aromatic N) is 2. The van der Waals surface area contributed by atoms with Crippen molar-refractivity contribution in [2.45, 2.75) is 39.5 Å². The molecular weight excluding hydrogens is 356 g/mol. The molecule has 28 heavy (non-hydrogen) atoms. The smallest absolute Gasteiger partial charge is 0.335 e. The highest BCUT2D eigenvalue weighted by Gasteiger charge is 2.21. The lowest BCUT2D eigenvalue weighted by atomic mass is 9.85. The van der Waals surface area contributed by atoms with Gasteiger partial charge in [0.15, 0.2) is 0 Å². The molecule has 0 aliphatic heterocycles. The summed E-state index contributed by atoms with van der Waals surface area (Å²) < 4.78 is 11.3. The molecule has 0 amide bonds. The molecule has 0 unspecified atom stereocenters. The van der Waals surface area contributed by atoms with Crippen molar-refractivity contribution >= 4 is 5.97 Å². The third-order valence-electron chi connectivity index (χ3n) is 4.31. The second-order valence-electron chi connectivity index (χ2n) is 7.62. The lowest BCUT2D eigenvalue weighted by Crippen LogP contribution is -2.14. The van der Waals surface area contributed by atoms with Gasteiger partial charge in [0.05, 0.1) is 12.2 Å². The first kappa shape index (κ1) is 19.6. The van der Waals surface area contributed by atoms with E-state index in [2.05, 4.69) is 37.8 Å². The van der Waals surface area contributed by atoms with Crippen molar-refractivity contribution in [2.24, 2.45) is 0 Å². The Morgan fingerprint density at radius 2 is 1.79 bits per heavy atom. The first-order chi connectivity index (χ1) is 13.3. The van der Waals surface area contributed by atoms with Gasteiger partial charge in [-0.2, -0.15) is 4.98 Å². The van der Waals surface area contributed by atoms with Crippen LogP contribution in [0.5, 0.6) is 5.75 Å². The van der Waals surface area contributed by atoms with E-state index in [1.165, 1.54) is 12.1 Å². The van der Waals surface area contributed by atoms with Gasteiger partial charge in [0.1, 0.15) is 5.75 Å². The highest BCUT2D eigenvalue weighted by Crippen LogP contribution is 2.35. The number of aromatic carboxylic acids is 1. The van der Waals surface area contributed by atoms with Crippen LogP contribution < -0.4 is 4.74 Å².